The molecule has 24 heavy (non-hydrogen) atoms. The van der Waals surface area contributed by atoms with Gasteiger partial charge < -0.3 is 9.80 Å². The van der Waals surface area contributed by atoms with Crippen molar-refractivity contribution in [3.05, 3.63) is 35.6 Å². The van der Waals surface area contributed by atoms with E-state index in [1.165, 1.54) is 12.1 Å². The van der Waals surface area contributed by atoms with Crippen LogP contribution in [0.25, 0.3) is 0 Å². The molecule has 1 aromatic rings. The molecule has 4 nitrogen and oxygen atoms in total. The lowest BCUT2D eigenvalue weighted by Gasteiger charge is -2.30. The summed E-state index contributed by atoms with van der Waals surface area (Å²) in [4.78, 5) is 29.1. The number of rotatable bonds is 3. The molecule has 1 aliphatic carbocycles. The minimum atomic E-state index is -0.396. The maximum absolute atomic E-state index is 13.3. The van der Waals surface area contributed by atoms with Gasteiger partial charge in [-0.2, -0.15) is 0 Å². The first-order valence-electron chi connectivity index (χ1n) is 8.90. The van der Waals surface area contributed by atoms with Crippen LogP contribution in [0, 0.1) is 17.2 Å². The number of likely N-dealkylation sites (tertiary alicyclic amines) is 2. The van der Waals surface area contributed by atoms with Crippen molar-refractivity contribution in [1.82, 2.24) is 9.80 Å². The zero-order chi connectivity index (χ0) is 16.7. The van der Waals surface area contributed by atoms with Crippen molar-refractivity contribution < 1.29 is 14.0 Å². The van der Waals surface area contributed by atoms with Crippen LogP contribution in [0.4, 0.5) is 4.39 Å². The third-order valence-electron chi connectivity index (χ3n) is 5.98. The number of benzene rings is 1. The lowest BCUT2D eigenvalue weighted by atomic mass is 9.83. The molecule has 3 aliphatic rings. The fourth-order valence-corrected chi connectivity index (χ4v) is 4.25. The standard InChI is InChI=1S/C19H23FN2O2/c20-16-6-1-3-14(11-16)12-21-9-7-19(18(21)24)8-10-22(13-19)17(23)15-4-2-5-15/h1,3,6,11,15H,2,4-5,7-10,12-13H2. The van der Waals surface area contributed by atoms with Gasteiger partial charge in [0.15, 0.2) is 0 Å². The number of carbonyl (C=O) groups excluding carboxylic acids is 2. The minimum absolute atomic E-state index is 0.135. The Balaban J connectivity index is 1.42. The van der Waals surface area contributed by atoms with Crippen molar-refractivity contribution in [2.24, 2.45) is 11.3 Å². The van der Waals surface area contributed by atoms with E-state index in [0.29, 0.717) is 26.2 Å². The number of hydrogen-bond donors (Lipinski definition) is 0. The molecular weight excluding hydrogens is 307 g/mol. The molecule has 1 spiro atoms. The van der Waals surface area contributed by atoms with E-state index >= 15 is 0 Å². The van der Waals surface area contributed by atoms with E-state index in [1.54, 1.807) is 6.07 Å². The highest BCUT2D eigenvalue weighted by Gasteiger charge is 2.52. The van der Waals surface area contributed by atoms with Crippen molar-refractivity contribution in [2.75, 3.05) is 19.6 Å². The summed E-state index contributed by atoms with van der Waals surface area (Å²) in [7, 11) is 0. The molecule has 1 unspecified atom stereocenters. The Kier molecular flexibility index (Phi) is 3.82. The van der Waals surface area contributed by atoms with Gasteiger partial charge >= 0.3 is 0 Å². The molecule has 2 aliphatic heterocycles. The number of carbonyl (C=O) groups is 2. The molecule has 1 atom stereocenters. The van der Waals surface area contributed by atoms with Crippen molar-refractivity contribution in [3.63, 3.8) is 0 Å². The van der Waals surface area contributed by atoms with Crippen molar-refractivity contribution >= 4 is 11.8 Å². The van der Waals surface area contributed by atoms with Crippen LogP contribution >= 0.6 is 0 Å². The van der Waals surface area contributed by atoms with Crippen LogP contribution in [0.1, 0.15) is 37.7 Å². The second-order valence-corrected chi connectivity index (χ2v) is 7.52. The quantitative estimate of drug-likeness (QED) is 0.855. The highest BCUT2D eigenvalue weighted by atomic mass is 19.1. The largest absolute Gasteiger partial charge is 0.341 e. The van der Waals surface area contributed by atoms with Gasteiger partial charge in [0, 0.05) is 32.1 Å². The lowest BCUT2D eigenvalue weighted by molar-refractivity contribution is -0.139. The van der Waals surface area contributed by atoms with Gasteiger partial charge in [-0.1, -0.05) is 18.6 Å². The summed E-state index contributed by atoms with van der Waals surface area (Å²) in [5.41, 5.74) is 0.424. The van der Waals surface area contributed by atoms with Gasteiger partial charge in [0.05, 0.1) is 5.41 Å². The van der Waals surface area contributed by atoms with E-state index < -0.39 is 5.41 Å². The first-order valence-corrected chi connectivity index (χ1v) is 8.90. The second kappa shape index (κ2) is 5.87. The van der Waals surface area contributed by atoms with E-state index in [-0.39, 0.29) is 23.5 Å². The van der Waals surface area contributed by atoms with Crippen LogP contribution in [-0.4, -0.2) is 41.2 Å². The smallest absolute Gasteiger partial charge is 0.231 e. The van der Waals surface area contributed by atoms with E-state index in [1.807, 2.05) is 15.9 Å². The number of amides is 2. The lowest BCUT2D eigenvalue weighted by Crippen LogP contribution is -2.41. The van der Waals surface area contributed by atoms with Crippen LogP contribution < -0.4 is 0 Å². The SMILES string of the molecule is O=C(C1CCC1)N1CCC2(CCN(Cc3cccc(F)c3)C2=O)C1. The second-order valence-electron chi connectivity index (χ2n) is 7.52. The van der Waals surface area contributed by atoms with Crippen molar-refractivity contribution in [1.29, 1.82) is 0 Å². The van der Waals surface area contributed by atoms with Gasteiger partial charge in [-0.25, -0.2) is 4.39 Å². The summed E-state index contributed by atoms with van der Waals surface area (Å²) in [6.07, 6.45) is 4.72. The molecule has 1 saturated carbocycles. The molecule has 3 fully saturated rings. The Bertz CT molecular complexity index is 673. The maximum atomic E-state index is 13.3. The van der Waals surface area contributed by atoms with Gasteiger partial charge in [0.25, 0.3) is 0 Å². The Labute approximate surface area is 141 Å². The molecule has 4 rings (SSSR count). The number of nitrogens with zero attached hydrogens (tertiary/aromatic N) is 2. The molecule has 0 aromatic heterocycles. The average molecular weight is 330 g/mol. The van der Waals surface area contributed by atoms with E-state index in [4.69, 9.17) is 0 Å². The van der Waals surface area contributed by atoms with Crippen LogP contribution in [-0.2, 0) is 16.1 Å². The summed E-state index contributed by atoms with van der Waals surface area (Å²) in [5, 5.41) is 0. The highest BCUT2D eigenvalue weighted by Crippen LogP contribution is 2.42. The molecule has 2 amide bonds. The summed E-state index contributed by atoms with van der Waals surface area (Å²) in [6, 6.07) is 6.43. The zero-order valence-electron chi connectivity index (χ0n) is 13.8. The molecule has 0 N–H and O–H groups in total. The molecule has 0 radical (unpaired) electrons. The van der Waals surface area contributed by atoms with Gasteiger partial charge in [-0.15, -0.1) is 0 Å². The Morgan fingerprint density at radius 1 is 1.25 bits per heavy atom. The van der Waals surface area contributed by atoms with Crippen LogP contribution in [0.2, 0.25) is 0 Å². The summed E-state index contributed by atoms with van der Waals surface area (Å²) >= 11 is 0. The Hall–Kier alpha value is -1.91. The first kappa shape index (κ1) is 15.6. The summed E-state index contributed by atoms with van der Waals surface area (Å²) < 4.78 is 13.3. The Morgan fingerprint density at radius 3 is 2.75 bits per heavy atom. The maximum Gasteiger partial charge on any atom is 0.231 e. The third-order valence-corrected chi connectivity index (χ3v) is 5.98. The molecule has 2 heterocycles. The van der Waals surface area contributed by atoms with Gasteiger partial charge in [0.1, 0.15) is 5.82 Å². The van der Waals surface area contributed by atoms with E-state index in [2.05, 4.69) is 0 Å². The average Bonchev–Trinajstić information content (AvgIpc) is 3.06. The van der Waals surface area contributed by atoms with Gasteiger partial charge in [-0.3, -0.25) is 9.59 Å². The molecule has 5 heteroatoms. The summed E-state index contributed by atoms with van der Waals surface area (Å²) in [5.74, 6) is 0.303. The van der Waals surface area contributed by atoms with Gasteiger partial charge in [-0.05, 0) is 43.4 Å². The molecular formula is C19H23FN2O2. The fraction of sp³-hybridized carbons (Fsp3) is 0.579. The fourth-order valence-electron chi connectivity index (χ4n) is 4.25. The monoisotopic (exact) mass is 330 g/mol. The number of hydrogen-bond acceptors (Lipinski definition) is 2. The van der Waals surface area contributed by atoms with E-state index in [9.17, 15) is 14.0 Å². The first-order chi connectivity index (χ1) is 11.6. The molecule has 2 saturated heterocycles. The van der Waals surface area contributed by atoms with Crippen LogP contribution in [0.5, 0.6) is 0 Å². The number of halogens is 1. The molecule has 0 bridgehead atoms. The summed E-state index contributed by atoms with van der Waals surface area (Å²) in [6.45, 7) is 2.42. The van der Waals surface area contributed by atoms with Crippen LogP contribution in [0.15, 0.2) is 24.3 Å². The third kappa shape index (κ3) is 2.60. The van der Waals surface area contributed by atoms with E-state index in [0.717, 1.165) is 37.7 Å². The minimum Gasteiger partial charge on any atom is -0.341 e. The predicted octanol–water partition coefficient (Wildman–Crippen LogP) is 2.58. The normalized spacial score (nSPS) is 27.1. The zero-order valence-corrected chi connectivity index (χ0v) is 13.8. The topological polar surface area (TPSA) is 40.6 Å². The van der Waals surface area contributed by atoms with Crippen LogP contribution in [0.3, 0.4) is 0 Å². The van der Waals surface area contributed by atoms with Gasteiger partial charge in [0.2, 0.25) is 11.8 Å². The predicted molar refractivity (Wildman–Crippen MR) is 87.4 cm³/mol. The molecule has 128 valence electrons. The molecule has 1 aromatic carbocycles. The highest BCUT2D eigenvalue weighted by molar-refractivity contribution is 5.87. The Morgan fingerprint density at radius 2 is 2.04 bits per heavy atom. The van der Waals surface area contributed by atoms with Crippen molar-refractivity contribution in [3.8, 4) is 0 Å². The van der Waals surface area contributed by atoms with Crippen molar-refractivity contribution in [2.45, 2.75) is 38.6 Å².